The van der Waals surface area contributed by atoms with Crippen LogP contribution in [0.3, 0.4) is 0 Å². The molecule has 1 atom stereocenters. The van der Waals surface area contributed by atoms with Gasteiger partial charge in [-0.2, -0.15) is 0 Å². The van der Waals surface area contributed by atoms with Gasteiger partial charge in [0.15, 0.2) is 11.3 Å². The fourth-order valence-corrected chi connectivity index (χ4v) is 3.36. The number of aryl methyl sites for hydroxylation is 1. The van der Waals surface area contributed by atoms with Gasteiger partial charge in [0.25, 0.3) is 0 Å². The number of benzene rings is 1. The minimum absolute atomic E-state index is 0.00209. The van der Waals surface area contributed by atoms with E-state index in [1.165, 1.54) is 5.56 Å². The lowest BCUT2D eigenvalue weighted by Crippen LogP contribution is -2.34. The zero-order chi connectivity index (χ0) is 16.5. The summed E-state index contributed by atoms with van der Waals surface area (Å²) < 4.78 is 19.1. The smallest absolute Gasteiger partial charge is 0.197 e. The molecule has 1 fully saturated rings. The third-order valence-electron chi connectivity index (χ3n) is 4.63. The number of pyridine rings is 1. The van der Waals surface area contributed by atoms with Crippen molar-refractivity contribution in [2.24, 2.45) is 0 Å². The Bertz CT molecular complexity index is 805. The lowest BCUT2D eigenvalue weighted by Gasteiger charge is -2.28. The largest absolute Gasteiger partial charge is 0.476 e. The van der Waals surface area contributed by atoms with Gasteiger partial charge in [0.05, 0.1) is 25.5 Å². The zero-order valence-electron chi connectivity index (χ0n) is 13.7. The van der Waals surface area contributed by atoms with Crippen LogP contribution in [-0.2, 0) is 22.4 Å². The summed E-state index contributed by atoms with van der Waals surface area (Å²) >= 11 is 0. The number of rotatable bonds is 3. The molecule has 2 aromatic rings. The molecule has 5 heteroatoms. The molecule has 2 aliphatic rings. The lowest BCUT2D eigenvalue weighted by molar-refractivity contribution is -0.102. The van der Waals surface area contributed by atoms with Crippen molar-refractivity contribution < 1.29 is 14.2 Å². The van der Waals surface area contributed by atoms with Crippen molar-refractivity contribution in [2.45, 2.75) is 26.0 Å². The van der Waals surface area contributed by atoms with E-state index in [1.807, 2.05) is 25.1 Å². The molecule has 0 spiro atoms. The van der Waals surface area contributed by atoms with Crippen LogP contribution in [0.5, 0.6) is 5.88 Å². The standard InChI is InChI=1S/C19H20NO4/c1-13-17(21)10-18(24-12-15-11-22-8-9-23-15)20-7-6-14-4-2-3-5-16(14)19(13)20/h3-5,10,15H,6-9,11-12H2,1H3/t15-/m0/s1. The van der Waals surface area contributed by atoms with E-state index >= 15 is 0 Å². The van der Waals surface area contributed by atoms with Gasteiger partial charge in [0.2, 0.25) is 0 Å². The van der Waals surface area contributed by atoms with Crippen LogP contribution < -0.4 is 10.2 Å². The first-order chi connectivity index (χ1) is 11.7. The van der Waals surface area contributed by atoms with Crippen LogP contribution in [0.1, 0.15) is 11.1 Å². The Hall–Kier alpha value is -2.11. The minimum Gasteiger partial charge on any atom is -0.476 e. The van der Waals surface area contributed by atoms with Crippen molar-refractivity contribution in [3.05, 3.63) is 51.7 Å². The molecule has 1 radical (unpaired) electrons. The number of hydrogen-bond donors (Lipinski definition) is 0. The molecule has 1 aromatic heterocycles. The van der Waals surface area contributed by atoms with Crippen LogP contribution in [0, 0.1) is 13.0 Å². The number of fused-ring (bicyclic) bond motifs is 3. The molecule has 3 heterocycles. The number of nitrogens with zero attached hydrogens (tertiary/aromatic N) is 1. The molecule has 0 bridgehead atoms. The summed E-state index contributed by atoms with van der Waals surface area (Å²) in [5.74, 6) is 0.605. The highest BCUT2D eigenvalue weighted by atomic mass is 16.6. The second-order valence-corrected chi connectivity index (χ2v) is 6.18. The van der Waals surface area contributed by atoms with Gasteiger partial charge in [-0.05, 0) is 25.0 Å². The average molecular weight is 326 g/mol. The molecule has 24 heavy (non-hydrogen) atoms. The zero-order valence-corrected chi connectivity index (χ0v) is 13.7. The highest BCUT2D eigenvalue weighted by Gasteiger charge is 2.23. The molecule has 125 valence electrons. The van der Waals surface area contributed by atoms with Crippen LogP contribution in [0.4, 0.5) is 0 Å². The van der Waals surface area contributed by atoms with Gasteiger partial charge < -0.3 is 18.8 Å². The quantitative estimate of drug-likeness (QED) is 0.865. The second kappa shape index (κ2) is 6.42. The first-order valence-electron chi connectivity index (χ1n) is 8.30. The summed E-state index contributed by atoms with van der Waals surface area (Å²) in [4.78, 5) is 12.4. The van der Waals surface area contributed by atoms with E-state index in [2.05, 4.69) is 10.6 Å². The van der Waals surface area contributed by atoms with Crippen molar-refractivity contribution in [1.29, 1.82) is 0 Å². The predicted octanol–water partition coefficient (Wildman–Crippen LogP) is 1.97. The third-order valence-corrected chi connectivity index (χ3v) is 4.63. The molecule has 2 aliphatic heterocycles. The molecule has 1 saturated heterocycles. The van der Waals surface area contributed by atoms with Crippen LogP contribution >= 0.6 is 0 Å². The molecule has 4 rings (SSSR count). The molecule has 0 amide bonds. The first kappa shape index (κ1) is 15.4. The summed E-state index contributed by atoms with van der Waals surface area (Å²) in [5, 5.41) is 0. The van der Waals surface area contributed by atoms with E-state index in [4.69, 9.17) is 14.2 Å². The number of aromatic nitrogens is 1. The summed E-state index contributed by atoms with van der Waals surface area (Å²) in [5.41, 5.74) is 4.02. The molecule has 0 saturated carbocycles. The van der Waals surface area contributed by atoms with Crippen LogP contribution in [-0.4, -0.2) is 37.1 Å². The van der Waals surface area contributed by atoms with Gasteiger partial charge in [-0.3, -0.25) is 4.79 Å². The Morgan fingerprint density at radius 2 is 2.33 bits per heavy atom. The van der Waals surface area contributed by atoms with Gasteiger partial charge >= 0.3 is 0 Å². The third kappa shape index (κ3) is 2.74. The molecule has 5 nitrogen and oxygen atoms in total. The normalized spacial score (nSPS) is 19.5. The topological polar surface area (TPSA) is 49.7 Å². The number of ether oxygens (including phenoxy) is 3. The van der Waals surface area contributed by atoms with Gasteiger partial charge in [0, 0.05) is 23.7 Å². The lowest BCUT2D eigenvalue weighted by atomic mass is 9.95. The first-order valence-corrected chi connectivity index (χ1v) is 8.30. The predicted molar refractivity (Wildman–Crippen MR) is 89.5 cm³/mol. The Morgan fingerprint density at radius 1 is 1.42 bits per heavy atom. The van der Waals surface area contributed by atoms with Crippen molar-refractivity contribution in [2.75, 3.05) is 26.4 Å². The fraction of sp³-hybridized carbons (Fsp3) is 0.421. The highest BCUT2D eigenvalue weighted by Crippen LogP contribution is 2.33. The van der Waals surface area contributed by atoms with Gasteiger partial charge in [-0.1, -0.05) is 18.2 Å². The summed E-state index contributed by atoms with van der Waals surface area (Å²) in [7, 11) is 0. The van der Waals surface area contributed by atoms with E-state index in [0.29, 0.717) is 32.3 Å². The molecule has 1 aromatic carbocycles. The second-order valence-electron chi connectivity index (χ2n) is 6.18. The molecular weight excluding hydrogens is 306 g/mol. The molecule has 0 unspecified atom stereocenters. The number of hydrogen-bond acceptors (Lipinski definition) is 4. The maximum atomic E-state index is 12.4. The van der Waals surface area contributed by atoms with Crippen molar-refractivity contribution in [3.8, 4) is 17.1 Å². The molecule has 0 N–H and O–H groups in total. The van der Waals surface area contributed by atoms with Crippen molar-refractivity contribution in [1.82, 2.24) is 4.57 Å². The summed E-state index contributed by atoms with van der Waals surface area (Å²) in [6.07, 6.45) is 0.818. The van der Waals surface area contributed by atoms with E-state index in [1.54, 1.807) is 6.07 Å². The Labute approximate surface area is 140 Å². The maximum Gasteiger partial charge on any atom is 0.197 e. The van der Waals surface area contributed by atoms with Gasteiger partial charge in [0.1, 0.15) is 12.7 Å². The van der Waals surface area contributed by atoms with E-state index in [9.17, 15) is 4.79 Å². The summed E-state index contributed by atoms with van der Waals surface area (Å²) in [6.45, 7) is 4.80. The van der Waals surface area contributed by atoms with Crippen LogP contribution in [0.15, 0.2) is 29.1 Å². The maximum absolute atomic E-state index is 12.4. The van der Waals surface area contributed by atoms with Gasteiger partial charge in [-0.25, -0.2) is 0 Å². The highest BCUT2D eigenvalue weighted by molar-refractivity contribution is 5.69. The average Bonchev–Trinajstić information content (AvgIpc) is 2.63. The van der Waals surface area contributed by atoms with Crippen molar-refractivity contribution >= 4 is 0 Å². The molecule has 0 aliphatic carbocycles. The minimum atomic E-state index is -0.0862. The SMILES string of the molecule is Cc1c2n(c(OC[C@@H]3COCCO3)cc1=O)CCc1c[c]ccc1-2. The fourth-order valence-electron chi connectivity index (χ4n) is 3.36. The summed E-state index contributed by atoms with van der Waals surface area (Å²) in [6, 6.07) is 10.6. The van der Waals surface area contributed by atoms with E-state index in [-0.39, 0.29) is 11.5 Å². The van der Waals surface area contributed by atoms with Gasteiger partial charge in [-0.15, -0.1) is 0 Å². The van der Waals surface area contributed by atoms with E-state index in [0.717, 1.165) is 29.8 Å². The Kier molecular flexibility index (Phi) is 4.12. The Balaban J connectivity index is 1.69. The van der Waals surface area contributed by atoms with E-state index < -0.39 is 0 Å². The molecular formula is C19H20NO4. The Morgan fingerprint density at radius 3 is 3.17 bits per heavy atom. The monoisotopic (exact) mass is 326 g/mol. The van der Waals surface area contributed by atoms with Crippen LogP contribution in [0.2, 0.25) is 0 Å². The van der Waals surface area contributed by atoms with Crippen LogP contribution in [0.25, 0.3) is 11.3 Å². The van der Waals surface area contributed by atoms with Crippen molar-refractivity contribution in [3.63, 3.8) is 0 Å².